The third kappa shape index (κ3) is 1.07. The summed E-state index contributed by atoms with van der Waals surface area (Å²) in [7, 11) is 0. The van der Waals surface area contributed by atoms with Crippen LogP contribution in [0.5, 0.6) is 0 Å². The highest BCUT2D eigenvalue weighted by Crippen LogP contribution is 2.45. The summed E-state index contributed by atoms with van der Waals surface area (Å²) in [4.78, 5) is 0. The zero-order valence-electron chi connectivity index (χ0n) is 7.31. The summed E-state index contributed by atoms with van der Waals surface area (Å²) in [5.74, 6) is -0.0837. The predicted molar refractivity (Wildman–Crippen MR) is 45.1 cm³/mol. The molecule has 4 nitrogen and oxygen atoms in total. The van der Waals surface area contributed by atoms with Gasteiger partial charge in [0, 0.05) is 12.5 Å². The van der Waals surface area contributed by atoms with Crippen molar-refractivity contribution in [3.63, 3.8) is 0 Å². The molecule has 1 heterocycles. The van der Waals surface area contributed by atoms with Crippen LogP contribution < -0.4 is 0 Å². The minimum absolute atomic E-state index is 0.0837. The number of aliphatic hydroxyl groups is 3. The third-order valence-corrected chi connectivity index (χ3v) is 3.12. The lowest BCUT2D eigenvalue weighted by Crippen LogP contribution is -2.41. The summed E-state index contributed by atoms with van der Waals surface area (Å²) >= 11 is 0. The summed E-state index contributed by atoms with van der Waals surface area (Å²) in [5.41, 5.74) is -0.182. The first-order valence-corrected chi connectivity index (χ1v) is 4.49. The average molecular weight is 186 g/mol. The van der Waals surface area contributed by atoms with Gasteiger partial charge < -0.3 is 20.1 Å². The second-order valence-corrected chi connectivity index (χ2v) is 3.63. The Balaban J connectivity index is 2.33. The zero-order valence-corrected chi connectivity index (χ0v) is 7.31. The van der Waals surface area contributed by atoms with E-state index in [1.54, 1.807) is 6.08 Å². The molecule has 0 spiro atoms. The SMILES string of the molecule is OCC1=CC(O)C2CCOC12CO. The molecule has 0 radical (unpaired) electrons. The molecule has 2 aliphatic rings. The van der Waals surface area contributed by atoms with Gasteiger partial charge in [0.1, 0.15) is 5.60 Å². The highest BCUT2D eigenvalue weighted by atomic mass is 16.5. The van der Waals surface area contributed by atoms with E-state index in [4.69, 9.17) is 9.84 Å². The molecule has 1 aliphatic carbocycles. The van der Waals surface area contributed by atoms with Gasteiger partial charge in [0.25, 0.3) is 0 Å². The molecular formula is C9H14O4. The molecule has 3 atom stereocenters. The monoisotopic (exact) mass is 186 g/mol. The van der Waals surface area contributed by atoms with Crippen LogP contribution in [0.4, 0.5) is 0 Å². The zero-order chi connectivity index (χ0) is 9.47. The Morgan fingerprint density at radius 1 is 1.54 bits per heavy atom. The molecule has 0 aromatic carbocycles. The van der Waals surface area contributed by atoms with Crippen molar-refractivity contribution in [3.8, 4) is 0 Å². The van der Waals surface area contributed by atoms with Gasteiger partial charge in [-0.15, -0.1) is 0 Å². The number of rotatable bonds is 2. The number of fused-ring (bicyclic) bond motifs is 1. The number of ether oxygens (including phenoxy) is 1. The average Bonchev–Trinajstić information content (AvgIpc) is 2.66. The third-order valence-electron chi connectivity index (χ3n) is 3.12. The Bertz CT molecular complexity index is 238. The van der Waals surface area contributed by atoms with Gasteiger partial charge in [-0.25, -0.2) is 0 Å². The summed E-state index contributed by atoms with van der Waals surface area (Å²) in [5, 5.41) is 27.9. The van der Waals surface area contributed by atoms with Crippen molar-refractivity contribution in [1.29, 1.82) is 0 Å². The molecule has 2 rings (SSSR count). The van der Waals surface area contributed by atoms with E-state index in [0.29, 0.717) is 12.2 Å². The maximum absolute atomic E-state index is 9.62. The Morgan fingerprint density at radius 3 is 2.92 bits per heavy atom. The van der Waals surface area contributed by atoms with Gasteiger partial charge in [-0.1, -0.05) is 6.08 Å². The van der Waals surface area contributed by atoms with Crippen LogP contribution in [0.2, 0.25) is 0 Å². The molecule has 3 N–H and O–H groups in total. The number of hydrogen-bond acceptors (Lipinski definition) is 4. The van der Waals surface area contributed by atoms with Crippen LogP contribution in [0.3, 0.4) is 0 Å². The van der Waals surface area contributed by atoms with Crippen LogP contribution in [0.15, 0.2) is 11.6 Å². The first-order chi connectivity index (χ1) is 6.24. The quantitative estimate of drug-likeness (QED) is 0.486. The summed E-state index contributed by atoms with van der Waals surface area (Å²) in [6, 6.07) is 0. The lowest BCUT2D eigenvalue weighted by atomic mass is 9.86. The maximum Gasteiger partial charge on any atom is 0.120 e. The minimum Gasteiger partial charge on any atom is -0.393 e. The first-order valence-electron chi connectivity index (χ1n) is 4.49. The van der Waals surface area contributed by atoms with Crippen molar-refractivity contribution in [2.75, 3.05) is 19.8 Å². The highest BCUT2D eigenvalue weighted by molar-refractivity contribution is 5.31. The highest BCUT2D eigenvalue weighted by Gasteiger charge is 2.53. The predicted octanol–water partition coefficient (Wildman–Crippen LogP) is -0.953. The van der Waals surface area contributed by atoms with Crippen molar-refractivity contribution >= 4 is 0 Å². The van der Waals surface area contributed by atoms with Gasteiger partial charge in [0.05, 0.1) is 19.3 Å². The molecule has 0 amide bonds. The molecule has 1 saturated heterocycles. The van der Waals surface area contributed by atoms with Crippen LogP contribution in [0.25, 0.3) is 0 Å². The van der Waals surface area contributed by atoms with Gasteiger partial charge in [-0.3, -0.25) is 0 Å². The van der Waals surface area contributed by atoms with E-state index >= 15 is 0 Å². The van der Waals surface area contributed by atoms with Crippen molar-refractivity contribution in [3.05, 3.63) is 11.6 Å². The van der Waals surface area contributed by atoms with Crippen LogP contribution in [0, 0.1) is 5.92 Å². The smallest absolute Gasteiger partial charge is 0.120 e. The molecule has 0 aromatic heterocycles. The molecular weight excluding hydrogens is 172 g/mol. The fraction of sp³-hybridized carbons (Fsp3) is 0.778. The Morgan fingerprint density at radius 2 is 2.31 bits per heavy atom. The van der Waals surface area contributed by atoms with Crippen LogP contribution in [-0.2, 0) is 4.74 Å². The largest absolute Gasteiger partial charge is 0.393 e. The molecule has 0 saturated carbocycles. The molecule has 74 valence electrons. The van der Waals surface area contributed by atoms with E-state index in [2.05, 4.69) is 0 Å². The minimum atomic E-state index is -0.797. The molecule has 1 aliphatic heterocycles. The van der Waals surface area contributed by atoms with Crippen molar-refractivity contribution in [2.45, 2.75) is 18.1 Å². The topological polar surface area (TPSA) is 69.9 Å². The maximum atomic E-state index is 9.62. The van der Waals surface area contributed by atoms with E-state index in [9.17, 15) is 10.2 Å². The van der Waals surface area contributed by atoms with Crippen molar-refractivity contribution < 1.29 is 20.1 Å². The van der Waals surface area contributed by atoms with Crippen molar-refractivity contribution in [1.82, 2.24) is 0 Å². The van der Waals surface area contributed by atoms with Gasteiger partial charge >= 0.3 is 0 Å². The standard InChI is InChI=1S/C9H14O4/c10-4-6-3-8(12)7-1-2-13-9(6,7)5-11/h3,7-8,10-12H,1-2,4-5H2. The van der Waals surface area contributed by atoms with E-state index in [-0.39, 0.29) is 19.1 Å². The van der Waals surface area contributed by atoms with E-state index in [1.807, 2.05) is 0 Å². The summed E-state index contributed by atoms with van der Waals surface area (Å²) < 4.78 is 5.45. The second-order valence-electron chi connectivity index (χ2n) is 3.63. The van der Waals surface area contributed by atoms with E-state index in [0.717, 1.165) is 6.42 Å². The number of aliphatic hydroxyl groups excluding tert-OH is 3. The van der Waals surface area contributed by atoms with E-state index in [1.165, 1.54) is 0 Å². The van der Waals surface area contributed by atoms with E-state index < -0.39 is 11.7 Å². The van der Waals surface area contributed by atoms with Crippen LogP contribution in [-0.4, -0.2) is 46.8 Å². The first kappa shape index (κ1) is 9.15. The van der Waals surface area contributed by atoms with Gasteiger partial charge in [0.2, 0.25) is 0 Å². The van der Waals surface area contributed by atoms with Crippen LogP contribution in [0.1, 0.15) is 6.42 Å². The van der Waals surface area contributed by atoms with Gasteiger partial charge in [-0.05, 0) is 12.0 Å². The van der Waals surface area contributed by atoms with Crippen LogP contribution >= 0.6 is 0 Å². The molecule has 0 aromatic rings. The second kappa shape index (κ2) is 3.06. The Labute approximate surface area is 76.5 Å². The fourth-order valence-corrected chi connectivity index (χ4v) is 2.40. The molecule has 13 heavy (non-hydrogen) atoms. The molecule has 3 unspecified atom stereocenters. The lowest BCUT2D eigenvalue weighted by molar-refractivity contribution is -0.0461. The summed E-state index contributed by atoms with van der Waals surface area (Å²) in [6.07, 6.45) is 1.75. The van der Waals surface area contributed by atoms with Crippen molar-refractivity contribution in [2.24, 2.45) is 5.92 Å². The van der Waals surface area contributed by atoms with Gasteiger partial charge in [-0.2, -0.15) is 0 Å². The fourth-order valence-electron chi connectivity index (χ4n) is 2.40. The normalized spacial score (nSPS) is 43.5. The Kier molecular flexibility index (Phi) is 2.15. The number of hydrogen-bond donors (Lipinski definition) is 3. The van der Waals surface area contributed by atoms with Gasteiger partial charge in [0.15, 0.2) is 0 Å². The molecule has 4 heteroatoms. The molecule has 1 fully saturated rings. The summed E-state index contributed by atoms with van der Waals surface area (Å²) in [6.45, 7) is 0.217. The lowest BCUT2D eigenvalue weighted by Gasteiger charge is -2.29. The molecule has 0 bridgehead atoms. The Hall–Kier alpha value is -0.420.